The summed E-state index contributed by atoms with van der Waals surface area (Å²) in [6, 6.07) is 10.4. The first-order chi connectivity index (χ1) is 10.7. The van der Waals surface area contributed by atoms with Crippen molar-refractivity contribution in [3.05, 3.63) is 47.9 Å². The zero-order valence-corrected chi connectivity index (χ0v) is 13.1. The highest BCUT2D eigenvalue weighted by atomic mass is 16.5. The molecule has 1 aliphatic rings. The highest BCUT2D eigenvalue weighted by Crippen LogP contribution is 2.37. The largest absolute Gasteiger partial charge is 0.497 e. The van der Waals surface area contributed by atoms with Crippen LogP contribution in [0.5, 0.6) is 5.75 Å². The maximum Gasteiger partial charge on any atom is 0.144 e. The molecule has 1 saturated heterocycles. The van der Waals surface area contributed by atoms with Gasteiger partial charge in [-0.05, 0) is 36.1 Å². The summed E-state index contributed by atoms with van der Waals surface area (Å²) in [7, 11) is 1.70. The van der Waals surface area contributed by atoms with Gasteiger partial charge < -0.3 is 10.5 Å². The molecule has 2 aromatic rings. The van der Waals surface area contributed by atoms with Crippen LogP contribution in [0.25, 0.3) is 0 Å². The van der Waals surface area contributed by atoms with Gasteiger partial charge in [0, 0.05) is 18.8 Å². The predicted molar refractivity (Wildman–Crippen MR) is 86.4 cm³/mol. The summed E-state index contributed by atoms with van der Waals surface area (Å²) in [5.74, 6) is 2.85. The lowest BCUT2D eigenvalue weighted by Gasteiger charge is -2.24. The Morgan fingerprint density at radius 1 is 1.36 bits per heavy atom. The van der Waals surface area contributed by atoms with Gasteiger partial charge in [0.05, 0.1) is 13.7 Å². The minimum atomic E-state index is 0.370. The van der Waals surface area contributed by atoms with Crippen LogP contribution in [0.3, 0.4) is 0 Å². The molecule has 116 valence electrons. The van der Waals surface area contributed by atoms with Gasteiger partial charge in [-0.1, -0.05) is 19.1 Å². The first kappa shape index (κ1) is 14.8. The van der Waals surface area contributed by atoms with E-state index in [2.05, 4.69) is 33.9 Å². The van der Waals surface area contributed by atoms with Crippen LogP contribution in [0.4, 0.5) is 5.82 Å². The van der Waals surface area contributed by atoms with Crippen LogP contribution < -0.4 is 10.5 Å². The third-order valence-electron chi connectivity index (χ3n) is 4.16. The molecule has 0 radical (unpaired) electrons. The fourth-order valence-electron chi connectivity index (χ4n) is 3.18. The number of anilines is 1. The van der Waals surface area contributed by atoms with E-state index in [-0.39, 0.29) is 0 Å². The van der Waals surface area contributed by atoms with Crippen molar-refractivity contribution in [2.45, 2.75) is 25.9 Å². The third kappa shape index (κ3) is 3.20. The van der Waals surface area contributed by atoms with Crippen molar-refractivity contribution >= 4 is 5.82 Å². The molecule has 1 fully saturated rings. The number of nitrogen functional groups attached to an aromatic ring is 1. The third-order valence-corrected chi connectivity index (χ3v) is 4.16. The van der Waals surface area contributed by atoms with Gasteiger partial charge in [-0.3, -0.25) is 4.90 Å². The van der Waals surface area contributed by atoms with Crippen LogP contribution in [0.15, 0.2) is 36.5 Å². The van der Waals surface area contributed by atoms with Crippen LogP contribution in [0.1, 0.15) is 30.8 Å². The van der Waals surface area contributed by atoms with Crippen molar-refractivity contribution in [3.8, 4) is 5.75 Å². The maximum absolute atomic E-state index is 5.76. The number of methoxy groups -OCH3 is 1. The van der Waals surface area contributed by atoms with Gasteiger partial charge in [-0.2, -0.15) is 0 Å². The van der Waals surface area contributed by atoms with E-state index in [0.717, 1.165) is 31.1 Å². The number of nitrogens with two attached hydrogens (primary N) is 1. The van der Waals surface area contributed by atoms with Crippen molar-refractivity contribution in [3.63, 3.8) is 0 Å². The molecule has 0 unspecified atom stereocenters. The average molecular weight is 298 g/mol. The van der Waals surface area contributed by atoms with Crippen LogP contribution >= 0.6 is 0 Å². The first-order valence-corrected chi connectivity index (χ1v) is 7.61. The molecule has 1 aliphatic heterocycles. The van der Waals surface area contributed by atoms with Gasteiger partial charge in [0.2, 0.25) is 0 Å². The number of aromatic nitrogens is 2. The Morgan fingerprint density at radius 3 is 3.00 bits per heavy atom. The molecule has 0 spiro atoms. The van der Waals surface area contributed by atoms with E-state index in [1.54, 1.807) is 19.4 Å². The molecule has 0 bridgehead atoms. The van der Waals surface area contributed by atoms with E-state index in [1.807, 2.05) is 12.1 Å². The monoisotopic (exact) mass is 298 g/mol. The second kappa shape index (κ2) is 6.32. The summed E-state index contributed by atoms with van der Waals surface area (Å²) >= 11 is 0. The summed E-state index contributed by atoms with van der Waals surface area (Å²) in [5, 5.41) is 0. The maximum atomic E-state index is 5.76. The second-order valence-corrected chi connectivity index (χ2v) is 5.96. The normalized spacial score (nSPS) is 21.9. The molecule has 5 nitrogen and oxygen atoms in total. The standard InChI is InChI=1S/C17H22N4O/c1-12-8-15(13-4-3-5-14(9-13)22-2)21(10-12)11-17-19-7-6-16(18)20-17/h3-7,9,12,15H,8,10-11H2,1-2H3,(H2,18,19,20)/t12-,15+/m1/s1. The number of hydrogen-bond donors (Lipinski definition) is 1. The average Bonchev–Trinajstić information content (AvgIpc) is 2.88. The number of benzene rings is 1. The van der Waals surface area contributed by atoms with Crippen LogP contribution in [-0.2, 0) is 6.54 Å². The lowest BCUT2D eigenvalue weighted by Crippen LogP contribution is -2.24. The summed E-state index contributed by atoms with van der Waals surface area (Å²) in [6.45, 7) is 4.05. The highest BCUT2D eigenvalue weighted by molar-refractivity contribution is 5.31. The van der Waals surface area contributed by atoms with Gasteiger partial charge in [0.1, 0.15) is 17.4 Å². The molecular weight excluding hydrogens is 276 g/mol. The molecule has 0 saturated carbocycles. The topological polar surface area (TPSA) is 64.3 Å². The van der Waals surface area contributed by atoms with E-state index in [0.29, 0.717) is 17.8 Å². The summed E-state index contributed by atoms with van der Waals surface area (Å²) < 4.78 is 5.35. The zero-order valence-electron chi connectivity index (χ0n) is 13.1. The molecule has 2 N–H and O–H groups in total. The Balaban J connectivity index is 1.82. The van der Waals surface area contributed by atoms with Crippen LogP contribution in [0.2, 0.25) is 0 Å². The van der Waals surface area contributed by atoms with E-state index in [1.165, 1.54) is 5.56 Å². The predicted octanol–water partition coefficient (Wildman–Crippen LogP) is 2.65. The van der Waals surface area contributed by atoms with Crippen molar-refractivity contribution in [1.82, 2.24) is 14.9 Å². The minimum absolute atomic E-state index is 0.370. The van der Waals surface area contributed by atoms with E-state index < -0.39 is 0 Å². The van der Waals surface area contributed by atoms with Gasteiger partial charge >= 0.3 is 0 Å². The molecule has 22 heavy (non-hydrogen) atoms. The molecule has 1 aromatic heterocycles. The molecule has 0 aliphatic carbocycles. The second-order valence-electron chi connectivity index (χ2n) is 5.96. The Morgan fingerprint density at radius 2 is 2.23 bits per heavy atom. The lowest BCUT2D eigenvalue weighted by atomic mass is 10.0. The highest BCUT2D eigenvalue weighted by Gasteiger charge is 2.31. The summed E-state index contributed by atoms with van der Waals surface area (Å²) in [4.78, 5) is 11.1. The first-order valence-electron chi connectivity index (χ1n) is 7.61. The molecule has 1 aromatic carbocycles. The fourth-order valence-corrected chi connectivity index (χ4v) is 3.18. The van der Waals surface area contributed by atoms with Crippen molar-refractivity contribution in [2.75, 3.05) is 19.4 Å². The lowest BCUT2D eigenvalue weighted by molar-refractivity contribution is 0.239. The van der Waals surface area contributed by atoms with Crippen LogP contribution in [-0.4, -0.2) is 28.5 Å². The quantitative estimate of drug-likeness (QED) is 0.940. The van der Waals surface area contributed by atoms with Crippen molar-refractivity contribution in [2.24, 2.45) is 5.92 Å². The molecule has 2 heterocycles. The number of rotatable bonds is 4. The fraction of sp³-hybridized carbons (Fsp3) is 0.412. The Hall–Kier alpha value is -2.14. The zero-order chi connectivity index (χ0) is 15.5. The van der Waals surface area contributed by atoms with Gasteiger partial charge in [-0.15, -0.1) is 0 Å². The van der Waals surface area contributed by atoms with Crippen molar-refractivity contribution < 1.29 is 4.74 Å². The number of likely N-dealkylation sites (tertiary alicyclic amines) is 1. The molecule has 0 amide bonds. The van der Waals surface area contributed by atoms with Crippen molar-refractivity contribution in [1.29, 1.82) is 0 Å². The SMILES string of the molecule is COc1cccc([C@@H]2C[C@@H](C)CN2Cc2nccc(N)n2)c1. The van der Waals surface area contributed by atoms with Gasteiger partial charge in [0.25, 0.3) is 0 Å². The van der Waals surface area contributed by atoms with E-state index in [9.17, 15) is 0 Å². The Kier molecular flexibility index (Phi) is 4.24. The number of hydrogen-bond acceptors (Lipinski definition) is 5. The molecular formula is C17H22N4O. The Labute approximate surface area is 131 Å². The number of ether oxygens (including phenoxy) is 1. The van der Waals surface area contributed by atoms with Crippen LogP contribution in [0, 0.1) is 5.92 Å². The summed E-state index contributed by atoms with van der Waals surface area (Å²) in [5.41, 5.74) is 7.04. The van der Waals surface area contributed by atoms with Gasteiger partial charge in [-0.25, -0.2) is 9.97 Å². The minimum Gasteiger partial charge on any atom is -0.497 e. The number of nitrogens with zero attached hydrogens (tertiary/aromatic N) is 3. The van der Waals surface area contributed by atoms with Gasteiger partial charge in [0.15, 0.2) is 0 Å². The van der Waals surface area contributed by atoms with E-state index in [4.69, 9.17) is 10.5 Å². The van der Waals surface area contributed by atoms with E-state index >= 15 is 0 Å². The molecule has 5 heteroatoms. The molecule has 2 atom stereocenters. The molecule has 3 rings (SSSR count). The Bertz CT molecular complexity index is 646. The smallest absolute Gasteiger partial charge is 0.144 e. The summed E-state index contributed by atoms with van der Waals surface area (Å²) in [6.07, 6.45) is 2.85.